The van der Waals surface area contributed by atoms with E-state index >= 15 is 4.48 Å². The molecule has 0 spiro atoms. The van der Waals surface area contributed by atoms with Gasteiger partial charge in [0.05, 0.1) is 17.1 Å². The van der Waals surface area contributed by atoms with Crippen molar-refractivity contribution in [2.24, 2.45) is 10.9 Å². The van der Waals surface area contributed by atoms with E-state index in [-0.39, 0.29) is 18.2 Å². The average molecular weight is 369 g/mol. The van der Waals surface area contributed by atoms with Gasteiger partial charge in [-0.2, -0.15) is 4.79 Å². The molecule has 8 heteroatoms. The fraction of sp³-hybridized carbons (Fsp3) is 0.500. The Bertz CT molecular complexity index is 656. The number of carbonyl (C=O) groups excluding carboxylic acids is 1. The normalized spacial score (nSPS) is 36.0. The number of hydrogen-bond donors (Lipinski definition) is 1. The molecule has 5 nitrogen and oxygen atoms in total. The van der Waals surface area contributed by atoms with Gasteiger partial charge in [-0.15, -0.1) is 11.8 Å². The molecule has 1 aromatic carbocycles. The van der Waals surface area contributed by atoms with Crippen LogP contribution in [0.1, 0.15) is 12.8 Å². The van der Waals surface area contributed by atoms with Gasteiger partial charge in [0.1, 0.15) is 0 Å². The first kappa shape index (κ1) is 17.5. The third kappa shape index (κ3) is 3.12. The minimum absolute atomic E-state index is 0.0798. The highest BCUT2D eigenvalue weighted by Gasteiger charge is 2.65. The van der Waals surface area contributed by atoms with Crippen LogP contribution in [-0.2, 0) is 4.74 Å². The minimum atomic E-state index is -1.42. The Morgan fingerprint density at radius 1 is 1.46 bits per heavy atom. The van der Waals surface area contributed by atoms with Gasteiger partial charge in [-0.1, -0.05) is 18.2 Å². The molecule has 0 aliphatic carbocycles. The number of amides is 1. The van der Waals surface area contributed by atoms with Crippen molar-refractivity contribution in [3.8, 4) is 0 Å². The van der Waals surface area contributed by atoms with Gasteiger partial charge in [0.15, 0.2) is 17.8 Å². The first-order chi connectivity index (χ1) is 11.6. The van der Waals surface area contributed by atoms with E-state index in [1.807, 2.05) is 0 Å². The Kier molecular flexibility index (Phi) is 5.32. The maximum Gasteiger partial charge on any atom is 0.562 e. The van der Waals surface area contributed by atoms with Crippen molar-refractivity contribution in [1.29, 1.82) is 0 Å². The number of quaternary nitrogens is 1. The highest BCUT2D eigenvalue weighted by atomic mass is 32.2. The van der Waals surface area contributed by atoms with Gasteiger partial charge < -0.3 is 9.84 Å². The second-order valence-electron chi connectivity index (χ2n) is 5.93. The molecule has 1 unspecified atom stereocenters. The number of halogens is 1. The van der Waals surface area contributed by atoms with E-state index in [2.05, 4.69) is 22.4 Å². The van der Waals surface area contributed by atoms with Crippen LogP contribution in [0.4, 0.5) is 15.0 Å². The van der Waals surface area contributed by atoms with Crippen molar-refractivity contribution in [3.63, 3.8) is 0 Å². The summed E-state index contributed by atoms with van der Waals surface area (Å²) in [5, 5.41) is 12.2. The lowest BCUT2D eigenvalue weighted by Gasteiger charge is -2.33. The largest absolute Gasteiger partial charge is 0.562 e. The van der Waals surface area contributed by atoms with Crippen molar-refractivity contribution in [2.45, 2.75) is 30.4 Å². The predicted octanol–water partition coefficient (Wildman–Crippen LogP) is 3.33. The van der Waals surface area contributed by atoms with Crippen LogP contribution in [0.2, 0.25) is 0 Å². The van der Waals surface area contributed by atoms with Crippen LogP contribution in [-0.4, -0.2) is 46.2 Å². The van der Waals surface area contributed by atoms with Gasteiger partial charge in [0, 0.05) is 27.2 Å². The van der Waals surface area contributed by atoms with Gasteiger partial charge in [0.2, 0.25) is 0 Å². The lowest BCUT2D eigenvalue weighted by molar-refractivity contribution is 0.0168. The number of isothiocyanates is 1. The summed E-state index contributed by atoms with van der Waals surface area (Å²) >= 11 is 6.03. The van der Waals surface area contributed by atoms with Crippen molar-refractivity contribution >= 4 is 40.9 Å². The van der Waals surface area contributed by atoms with Crippen LogP contribution in [0.5, 0.6) is 0 Å². The summed E-state index contributed by atoms with van der Waals surface area (Å²) < 4.78 is 19.9. The number of aliphatic hydroxyl groups excluding tert-OH is 1. The zero-order valence-electron chi connectivity index (χ0n) is 12.9. The van der Waals surface area contributed by atoms with Crippen LogP contribution >= 0.6 is 24.0 Å². The van der Waals surface area contributed by atoms with Crippen molar-refractivity contribution in [3.05, 3.63) is 30.3 Å². The molecule has 2 heterocycles. The predicted molar refractivity (Wildman–Crippen MR) is 94.5 cm³/mol. The molecular formula is C16H18FN2O3S2+. The number of carbonyl (C=O) groups is 1. The average Bonchev–Trinajstić information content (AvgIpc) is 2.85. The van der Waals surface area contributed by atoms with Crippen LogP contribution in [0.3, 0.4) is 0 Å². The number of aliphatic hydroxyl groups is 1. The van der Waals surface area contributed by atoms with Crippen LogP contribution in [0, 0.1) is 5.92 Å². The summed E-state index contributed by atoms with van der Waals surface area (Å²) in [6.45, 7) is 0.0798. The van der Waals surface area contributed by atoms with Crippen LogP contribution < -0.4 is 4.71 Å². The minimum Gasteiger partial charge on any atom is -0.405 e. The zero-order chi connectivity index (χ0) is 17.2. The highest BCUT2D eigenvalue weighted by molar-refractivity contribution is 7.99. The number of cyclic esters (lactones) is 1. The van der Waals surface area contributed by atoms with Gasteiger partial charge in [-0.3, -0.25) is 0 Å². The molecule has 0 aromatic heterocycles. The number of rotatable bonds is 4. The second-order valence-corrected chi connectivity index (χ2v) is 7.40. The molecule has 128 valence electrons. The lowest BCUT2D eigenvalue weighted by atomic mass is 9.88. The molecule has 24 heavy (non-hydrogen) atoms. The summed E-state index contributed by atoms with van der Waals surface area (Å²) in [6, 6.07) is 7.53. The summed E-state index contributed by atoms with van der Waals surface area (Å²) in [7, 11) is 0. The fourth-order valence-corrected chi connectivity index (χ4v) is 4.70. The van der Waals surface area contributed by atoms with E-state index in [9.17, 15) is 9.90 Å². The van der Waals surface area contributed by atoms with E-state index < -0.39 is 28.4 Å². The number of hydrogen-bond acceptors (Lipinski definition) is 6. The Morgan fingerprint density at radius 3 is 2.88 bits per heavy atom. The van der Waals surface area contributed by atoms with Gasteiger partial charge in [0.25, 0.3) is 0 Å². The molecule has 3 rings (SSSR count). The molecule has 2 saturated heterocycles. The number of thioether (sulfide) groups is 1. The maximum absolute atomic E-state index is 16.0. The second kappa shape index (κ2) is 7.29. The fourth-order valence-electron chi connectivity index (χ4n) is 3.53. The molecule has 0 radical (unpaired) electrons. The van der Waals surface area contributed by atoms with Crippen molar-refractivity contribution < 1.29 is 19.1 Å². The molecule has 2 fully saturated rings. The topological polar surface area (TPSA) is 58.9 Å². The van der Waals surface area contributed by atoms with Crippen molar-refractivity contribution in [1.82, 2.24) is 4.71 Å². The molecule has 1 amide bonds. The van der Waals surface area contributed by atoms with Gasteiger partial charge >= 0.3 is 6.09 Å². The monoisotopic (exact) mass is 369 g/mol. The van der Waals surface area contributed by atoms with Gasteiger partial charge in [-0.05, 0) is 30.8 Å². The Balaban J connectivity index is 2.00. The molecule has 2 aliphatic heterocycles. The third-order valence-corrected chi connectivity index (χ3v) is 5.74. The molecule has 1 N–H and O–H groups in total. The summed E-state index contributed by atoms with van der Waals surface area (Å²) in [4.78, 5) is 16.3. The molecule has 0 bridgehead atoms. The molecular weight excluding hydrogens is 351 g/mol. The number of thiocarbonyl (C=S) groups is 1. The van der Waals surface area contributed by atoms with E-state index in [0.717, 1.165) is 0 Å². The Morgan fingerprint density at radius 2 is 2.21 bits per heavy atom. The van der Waals surface area contributed by atoms with E-state index in [1.54, 1.807) is 30.3 Å². The number of nitrogens with zero attached hydrogens (tertiary/aromatic N) is 2. The quantitative estimate of drug-likeness (QED) is 0.501. The van der Waals surface area contributed by atoms with Gasteiger partial charge in [-0.25, -0.2) is 4.99 Å². The molecule has 2 aliphatic rings. The number of para-hydroxylation sites is 1. The Hall–Kier alpha value is -1.31. The first-order valence-electron chi connectivity index (χ1n) is 7.76. The smallest absolute Gasteiger partial charge is 0.405 e. The summed E-state index contributed by atoms with van der Waals surface area (Å²) in [6.07, 6.45) is -0.542. The highest BCUT2D eigenvalue weighted by Crippen LogP contribution is 2.44. The summed E-state index contributed by atoms with van der Waals surface area (Å²) in [5.41, 5.74) is -0.326. The van der Waals surface area contributed by atoms with Crippen molar-refractivity contribution in [2.75, 3.05) is 12.3 Å². The Labute approximate surface area is 149 Å². The first-order valence-corrected chi connectivity index (χ1v) is 9.21. The maximum atomic E-state index is 16.0. The lowest BCUT2D eigenvalue weighted by Crippen LogP contribution is -2.55. The molecule has 1 aromatic rings. The van der Waals surface area contributed by atoms with E-state index in [0.29, 0.717) is 18.6 Å². The number of aliphatic imine (C=N–C) groups is 1. The van der Waals surface area contributed by atoms with Crippen LogP contribution in [0.25, 0.3) is 0 Å². The third-order valence-electron chi connectivity index (χ3n) is 4.56. The molecule has 0 saturated carbocycles. The van der Waals surface area contributed by atoms with E-state index in [4.69, 9.17) is 4.74 Å². The SMILES string of the molecule is O=C1O[C@H](CN=C=S)[C@@H]([C@H]2CCSC(O)C2)[N@+]1(F)c1ccccc1. The standard InChI is InChI=1S/C16H18FN2O3S2/c17-19(12-4-2-1-3-5-12)15(11-6-7-24-14(20)8-11)13(9-18-10-23)22-16(19)21/h1-5,11,13-15,20H,6-9H2/q+1/t11-,13+,14?,15+,19+/m0/s1. The molecule has 5 atom stereocenters. The number of benzene rings is 1. The zero-order valence-corrected chi connectivity index (χ0v) is 14.5. The number of ether oxygens (including phenoxy) is 1. The van der Waals surface area contributed by atoms with Crippen LogP contribution in [0.15, 0.2) is 35.3 Å². The summed E-state index contributed by atoms with van der Waals surface area (Å²) in [5.74, 6) is 0.525. The van der Waals surface area contributed by atoms with E-state index in [1.165, 1.54) is 11.8 Å².